The zero-order chi connectivity index (χ0) is 15.4. The Balaban J connectivity index is 1.82. The molecule has 0 unspecified atom stereocenters. The molecule has 0 saturated heterocycles. The SMILES string of the molecule is Cc1nc(Nc2ccccc2)cc(Nc2ccc(Cl)cc2)n1. The molecule has 0 atom stereocenters. The highest BCUT2D eigenvalue weighted by Crippen LogP contribution is 2.21. The second kappa shape index (κ2) is 6.45. The summed E-state index contributed by atoms with van der Waals surface area (Å²) >= 11 is 5.89. The van der Waals surface area contributed by atoms with Crippen LogP contribution in [0.25, 0.3) is 0 Å². The molecule has 3 aromatic rings. The number of hydrogen-bond donors (Lipinski definition) is 2. The maximum absolute atomic E-state index is 5.89. The zero-order valence-electron chi connectivity index (χ0n) is 12.0. The van der Waals surface area contributed by atoms with Gasteiger partial charge >= 0.3 is 0 Å². The van der Waals surface area contributed by atoms with Crippen LogP contribution in [-0.2, 0) is 0 Å². The van der Waals surface area contributed by atoms with Gasteiger partial charge in [-0.3, -0.25) is 0 Å². The lowest BCUT2D eigenvalue weighted by atomic mass is 10.3. The van der Waals surface area contributed by atoms with Crippen molar-refractivity contribution in [1.82, 2.24) is 9.97 Å². The van der Waals surface area contributed by atoms with Crippen molar-refractivity contribution in [2.75, 3.05) is 10.6 Å². The van der Waals surface area contributed by atoms with E-state index in [1.54, 1.807) is 0 Å². The van der Waals surface area contributed by atoms with Crippen LogP contribution < -0.4 is 10.6 Å². The lowest BCUT2D eigenvalue weighted by molar-refractivity contribution is 1.06. The van der Waals surface area contributed by atoms with Gasteiger partial charge in [-0.1, -0.05) is 29.8 Å². The Hall–Kier alpha value is -2.59. The van der Waals surface area contributed by atoms with Gasteiger partial charge in [-0.05, 0) is 43.3 Å². The summed E-state index contributed by atoms with van der Waals surface area (Å²) in [5, 5.41) is 7.22. The third kappa shape index (κ3) is 3.74. The van der Waals surface area contributed by atoms with Crippen LogP contribution in [0.1, 0.15) is 5.82 Å². The normalized spacial score (nSPS) is 10.3. The fourth-order valence-corrected chi connectivity index (χ4v) is 2.17. The van der Waals surface area contributed by atoms with Crippen LogP contribution in [0.5, 0.6) is 0 Å². The predicted molar refractivity (Wildman–Crippen MR) is 91.2 cm³/mol. The second-order valence-corrected chi connectivity index (χ2v) is 5.24. The van der Waals surface area contributed by atoms with Crippen LogP contribution in [0.2, 0.25) is 5.02 Å². The van der Waals surface area contributed by atoms with Crippen LogP contribution in [0.15, 0.2) is 60.7 Å². The van der Waals surface area contributed by atoms with Gasteiger partial charge in [0.2, 0.25) is 0 Å². The van der Waals surface area contributed by atoms with Crippen LogP contribution in [-0.4, -0.2) is 9.97 Å². The predicted octanol–water partition coefficient (Wildman–Crippen LogP) is 4.93. The van der Waals surface area contributed by atoms with Crippen LogP contribution >= 0.6 is 11.6 Å². The van der Waals surface area contributed by atoms with Crippen molar-refractivity contribution in [3.8, 4) is 0 Å². The van der Waals surface area contributed by atoms with Gasteiger partial charge < -0.3 is 10.6 Å². The van der Waals surface area contributed by atoms with Gasteiger partial charge in [0.15, 0.2) is 0 Å². The van der Waals surface area contributed by atoms with E-state index in [0.717, 1.165) is 23.0 Å². The smallest absolute Gasteiger partial charge is 0.136 e. The van der Waals surface area contributed by atoms with Crippen molar-refractivity contribution >= 4 is 34.6 Å². The van der Waals surface area contributed by atoms with Crippen molar-refractivity contribution in [2.24, 2.45) is 0 Å². The van der Waals surface area contributed by atoms with Gasteiger partial charge in [0.25, 0.3) is 0 Å². The van der Waals surface area contributed by atoms with E-state index < -0.39 is 0 Å². The van der Waals surface area contributed by atoms with E-state index >= 15 is 0 Å². The summed E-state index contributed by atoms with van der Waals surface area (Å²) in [6.45, 7) is 1.86. The van der Waals surface area contributed by atoms with Crippen molar-refractivity contribution in [3.05, 3.63) is 71.5 Å². The van der Waals surface area contributed by atoms with Gasteiger partial charge in [-0.15, -0.1) is 0 Å². The molecule has 0 aliphatic carbocycles. The van der Waals surface area contributed by atoms with E-state index in [0.29, 0.717) is 10.8 Å². The van der Waals surface area contributed by atoms with Crippen molar-refractivity contribution in [1.29, 1.82) is 0 Å². The molecule has 0 fully saturated rings. The number of rotatable bonds is 4. The van der Waals surface area contributed by atoms with Gasteiger partial charge in [0.05, 0.1) is 0 Å². The van der Waals surface area contributed by atoms with E-state index in [-0.39, 0.29) is 0 Å². The summed E-state index contributed by atoms with van der Waals surface area (Å²) in [7, 11) is 0. The highest BCUT2D eigenvalue weighted by molar-refractivity contribution is 6.30. The van der Waals surface area contributed by atoms with E-state index in [4.69, 9.17) is 11.6 Å². The van der Waals surface area contributed by atoms with E-state index in [9.17, 15) is 0 Å². The van der Waals surface area contributed by atoms with Crippen LogP contribution in [0.3, 0.4) is 0 Å². The average molecular weight is 311 g/mol. The van der Waals surface area contributed by atoms with Crippen molar-refractivity contribution < 1.29 is 0 Å². The van der Waals surface area contributed by atoms with Crippen LogP contribution in [0.4, 0.5) is 23.0 Å². The lowest BCUT2D eigenvalue weighted by Gasteiger charge is -2.10. The minimum absolute atomic E-state index is 0.692. The summed E-state index contributed by atoms with van der Waals surface area (Å²) in [4.78, 5) is 8.80. The third-order valence-corrected chi connectivity index (χ3v) is 3.25. The quantitative estimate of drug-likeness (QED) is 0.717. The molecule has 0 spiro atoms. The number of aryl methyl sites for hydroxylation is 1. The largest absolute Gasteiger partial charge is 0.340 e. The fraction of sp³-hybridized carbons (Fsp3) is 0.0588. The minimum Gasteiger partial charge on any atom is -0.340 e. The number of aromatic nitrogens is 2. The molecule has 1 aromatic heterocycles. The molecular weight excluding hydrogens is 296 g/mol. The lowest BCUT2D eigenvalue weighted by Crippen LogP contribution is -2.01. The number of hydrogen-bond acceptors (Lipinski definition) is 4. The summed E-state index contributed by atoms with van der Waals surface area (Å²) < 4.78 is 0. The molecule has 0 aliphatic rings. The Labute approximate surface area is 134 Å². The molecule has 0 saturated carbocycles. The summed E-state index contributed by atoms with van der Waals surface area (Å²) in [6.07, 6.45) is 0. The second-order valence-electron chi connectivity index (χ2n) is 4.81. The molecule has 2 N–H and O–H groups in total. The number of halogens is 1. The molecule has 0 radical (unpaired) electrons. The molecule has 0 bridgehead atoms. The maximum atomic E-state index is 5.89. The van der Waals surface area contributed by atoms with Gasteiger partial charge in [0, 0.05) is 22.5 Å². The van der Waals surface area contributed by atoms with Gasteiger partial charge in [-0.2, -0.15) is 0 Å². The first-order valence-corrected chi connectivity index (χ1v) is 7.27. The molecule has 22 heavy (non-hydrogen) atoms. The fourth-order valence-electron chi connectivity index (χ4n) is 2.05. The zero-order valence-corrected chi connectivity index (χ0v) is 12.8. The number of nitrogens with zero attached hydrogens (tertiary/aromatic N) is 2. The topological polar surface area (TPSA) is 49.8 Å². The average Bonchev–Trinajstić information content (AvgIpc) is 2.50. The van der Waals surface area contributed by atoms with Gasteiger partial charge in [-0.25, -0.2) is 9.97 Å². The minimum atomic E-state index is 0.692. The highest BCUT2D eigenvalue weighted by atomic mass is 35.5. The Morgan fingerprint density at radius 1 is 0.773 bits per heavy atom. The number of anilines is 4. The first-order valence-electron chi connectivity index (χ1n) is 6.89. The molecule has 5 heteroatoms. The van der Waals surface area contributed by atoms with E-state index in [1.165, 1.54) is 0 Å². The number of benzene rings is 2. The van der Waals surface area contributed by atoms with Crippen molar-refractivity contribution in [3.63, 3.8) is 0 Å². The molecule has 2 aromatic carbocycles. The summed E-state index contributed by atoms with van der Waals surface area (Å²) in [6, 6.07) is 19.3. The Morgan fingerprint density at radius 3 is 1.91 bits per heavy atom. The molecule has 110 valence electrons. The van der Waals surface area contributed by atoms with Gasteiger partial charge in [0.1, 0.15) is 17.5 Å². The van der Waals surface area contributed by atoms with Crippen LogP contribution in [0, 0.1) is 6.92 Å². The third-order valence-electron chi connectivity index (χ3n) is 3.00. The molecular formula is C17H15ClN4. The van der Waals surface area contributed by atoms with E-state index in [2.05, 4.69) is 20.6 Å². The van der Waals surface area contributed by atoms with E-state index in [1.807, 2.05) is 67.6 Å². The molecule has 0 amide bonds. The number of para-hydroxylation sites is 1. The van der Waals surface area contributed by atoms with Crippen molar-refractivity contribution in [2.45, 2.75) is 6.92 Å². The number of nitrogens with one attached hydrogen (secondary N) is 2. The summed E-state index contributed by atoms with van der Waals surface area (Å²) in [5.74, 6) is 2.17. The molecule has 1 heterocycles. The maximum Gasteiger partial charge on any atom is 0.136 e. The highest BCUT2D eigenvalue weighted by Gasteiger charge is 2.03. The summed E-state index contributed by atoms with van der Waals surface area (Å²) in [5.41, 5.74) is 1.91. The first-order chi connectivity index (χ1) is 10.7. The molecule has 3 rings (SSSR count). The first kappa shape index (κ1) is 14.4. The Bertz CT molecular complexity index is 757. The Kier molecular flexibility index (Phi) is 4.21. The monoisotopic (exact) mass is 310 g/mol. The molecule has 0 aliphatic heterocycles. The standard InChI is InChI=1S/C17H15ClN4/c1-12-19-16(21-14-5-3-2-4-6-14)11-17(20-12)22-15-9-7-13(18)8-10-15/h2-11H,1H3,(H2,19,20,21,22). The Morgan fingerprint density at radius 2 is 1.32 bits per heavy atom. The molecule has 4 nitrogen and oxygen atoms in total.